The van der Waals surface area contributed by atoms with Crippen LogP contribution in [-0.4, -0.2) is 43.0 Å². The van der Waals surface area contributed by atoms with Crippen LogP contribution in [0.15, 0.2) is 36.7 Å². The molecular formula is C13H17BrN2O2. The fraction of sp³-hybridized carbons (Fsp3) is 0.308. The van der Waals surface area contributed by atoms with Crippen molar-refractivity contribution in [2.24, 2.45) is 0 Å². The minimum atomic E-state index is 0. The van der Waals surface area contributed by atoms with Crippen LogP contribution in [0.5, 0.6) is 5.75 Å². The lowest BCUT2D eigenvalue weighted by molar-refractivity contribution is 0.0948. The molecule has 0 fully saturated rings. The van der Waals surface area contributed by atoms with Gasteiger partial charge < -0.3 is 14.5 Å². The smallest absolute Gasteiger partial charge is 0.182 e. The number of carbonyl (C=O) groups excluding carboxylic acids is 1. The summed E-state index contributed by atoms with van der Waals surface area (Å²) in [6.07, 6.45) is 3.89. The molecule has 0 unspecified atom stereocenters. The molecule has 0 atom stereocenters. The molecule has 1 aromatic rings. The summed E-state index contributed by atoms with van der Waals surface area (Å²) in [7, 11) is 3.58. The SMILES string of the molecule is Br.COc1cccc(C(=O)CN2C=CN(C)C2)c1. The summed E-state index contributed by atoms with van der Waals surface area (Å²) in [4.78, 5) is 16.0. The second-order valence-electron chi connectivity index (χ2n) is 4.10. The summed E-state index contributed by atoms with van der Waals surface area (Å²) >= 11 is 0. The predicted molar refractivity (Wildman–Crippen MR) is 76.1 cm³/mol. The molecule has 0 spiro atoms. The largest absolute Gasteiger partial charge is 0.497 e. The molecule has 0 saturated heterocycles. The number of ether oxygens (including phenoxy) is 1. The second kappa shape index (κ2) is 6.44. The number of rotatable bonds is 4. The molecule has 98 valence electrons. The van der Waals surface area contributed by atoms with Crippen LogP contribution in [-0.2, 0) is 0 Å². The van der Waals surface area contributed by atoms with Gasteiger partial charge in [-0.05, 0) is 12.1 Å². The molecule has 18 heavy (non-hydrogen) atoms. The Morgan fingerprint density at radius 3 is 2.78 bits per heavy atom. The van der Waals surface area contributed by atoms with E-state index in [4.69, 9.17) is 4.74 Å². The Bertz CT molecular complexity index is 448. The van der Waals surface area contributed by atoms with Crippen LogP contribution < -0.4 is 4.74 Å². The highest BCUT2D eigenvalue weighted by atomic mass is 79.9. The van der Waals surface area contributed by atoms with Gasteiger partial charge in [0.05, 0.1) is 20.3 Å². The summed E-state index contributed by atoms with van der Waals surface area (Å²) in [5.74, 6) is 0.814. The van der Waals surface area contributed by atoms with Gasteiger partial charge in [-0.25, -0.2) is 0 Å². The fourth-order valence-corrected chi connectivity index (χ4v) is 1.76. The molecule has 0 N–H and O–H groups in total. The van der Waals surface area contributed by atoms with E-state index in [-0.39, 0.29) is 22.8 Å². The first-order valence-electron chi connectivity index (χ1n) is 5.49. The van der Waals surface area contributed by atoms with Crippen molar-refractivity contribution < 1.29 is 9.53 Å². The van der Waals surface area contributed by atoms with E-state index < -0.39 is 0 Å². The molecule has 0 bridgehead atoms. The number of hydrogen-bond acceptors (Lipinski definition) is 4. The molecule has 1 aromatic carbocycles. The third kappa shape index (κ3) is 3.50. The minimum absolute atomic E-state index is 0. The number of Topliss-reactive ketones (excluding diaryl/α,β-unsaturated/α-hetero) is 1. The van der Waals surface area contributed by atoms with Gasteiger partial charge in [-0.1, -0.05) is 12.1 Å². The third-order valence-electron chi connectivity index (χ3n) is 2.68. The van der Waals surface area contributed by atoms with Crippen molar-refractivity contribution in [1.82, 2.24) is 9.80 Å². The van der Waals surface area contributed by atoms with Crippen molar-refractivity contribution >= 4 is 22.8 Å². The average molecular weight is 313 g/mol. The molecule has 5 heteroatoms. The van der Waals surface area contributed by atoms with Crippen molar-refractivity contribution in [3.8, 4) is 5.75 Å². The molecule has 0 aromatic heterocycles. The Morgan fingerprint density at radius 2 is 2.17 bits per heavy atom. The monoisotopic (exact) mass is 312 g/mol. The van der Waals surface area contributed by atoms with E-state index in [1.807, 2.05) is 47.4 Å². The van der Waals surface area contributed by atoms with Gasteiger partial charge in [0.1, 0.15) is 5.75 Å². The summed E-state index contributed by atoms with van der Waals surface area (Å²) in [5, 5.41) is 0. The highest BCUT2D eigenvalue weighted by Gasteiger charge is 2.14. The van der Waals surface area contributed by atoms with E-state index >= 15 is 0 Å². The van der Waals surface area contributed by atoms with Gasteiger partial charge in [0.15, 0.2) is 5.78 Å². The highest BCUT2D eigenvalue weighted by molar-refractivity contribution is 8.93. The normalized spacial score (nSPS) is 13.4. The first kappa shape index (κ1) is 14.6. The van der Waals surface area contributed by atoms with Crippen LogP contribution in [0.4, 0.5) is 0 Å². The Labute approximate surface area is 118 Å². The van der Waals surface area contributed by atoms with Crippen molar-refractivity contribution in [3.63, 3.8) is 0 Å². The van der Waals surface area contributed by atoms with Crippen LogP contribution in [0, 0.1) is 0 Å². The maximum Gasteiger partial charge on any atom is 0.182 e. The van der Waals surface area contributed by atoms with Crippen LogP contribution in [0.1, 0.15) is 10.4 Å². The first-order valence-corrected chi connectivity index (χ1v) is 5.49. The zero-order valence-electron chi connectivity index (χ0n) is 10.5. The van der Waals surface area contributed by atoms with Crippen molar-refractivity contribution in [2.45, 2.75) is 0 Å². The Morgan fingerprint density at radius 1 is 1.39 bits per heavy atom. The average Bonchev–Trinajstić information content (AvgIpc) is 2.75. The molecule has 2 rings (SSSR count). The lowest BCUT2D eigenvalue weighted by atomic mass is 10.1. The molecular weight excluding hydrogens is 296 g/mol. The summed E-state index contributed by atoms with van der Waals surface area (Å²) < 4.78 is 5.10. The molecule has 1 aliphatic heterocycles. The number of ketones is 1. The van der Waals surface area contributed by atoms with E-state index in [2.05, 4.69) is 0 Å². The van der Waals surface area contributed by atoms with E-state index in [0.717, 1.165) is 6.67 Å². The van der Waals surface area contributed by atoms with Crippen LogP contribution >= 0.6 is 17.0 Å². The number of hydrogen-bond donors (Lipinski definition) is 0. The summed E-state index contributed by atoms with van der Waals surface area (Å²) in [5.41, 5.74) is 0.687. The second-order valence-corrected chi connectivity index (χ2v) is 4.10. The highest BCUT2D eigenvalue weighted by Crippen LogP contribution is 2.14. The van der Waals surface area contributed by atoms with E-state index in [9.17, 15) is 4.79 Å². The predicted octanol–water partition coefficient (Wildman–Crippen LogP) is 2.13. The quantitative estimate of drug-likeness (QED) is 0.797. The van der Waals surface area contributed by atoms with Gasteiger partial charge in [0.25, 0.3) is 0 Å². The zero-order chi connectivity index (χ0) is 12.3. The zero-order valence-corrected chi connectivity index (χ0v) is 12.2. The molecule has 0 radical (unpaired) electrons. The Hall–Kier alpha value is -1.49. The van der Waals surface area contributed by atoms with Crippen molar-refractivity contribution in [2.75, 3.05) is 27.4 Å². The summed E-state index contributed by atoms with van der Waals surface area (Å²) in [6.45, 7) is 1.16. The van der Waals surface area contributed by atoms with E-state index in [1.54, 1.807) is 13.2 Å². The van der Waals surface area contributed by atoms with Crippen LogP contribution in [0.2, 0.25) is 0 Å². The van der Waals surface area contributed by atoms with Gasteiger partial charge in [0.2, 0.25) is 0 Å². The van der Waals surface area contributed by atoms with Gasteiger partial charge in [0, 0.05) is 25.0 Å². The molecule has 0 saturated carbocycles. The molecule has 1 aliphatic rings. The molecule has 0 aliphatic carbocycles. The topological polar surface area (TPSA) is 32.8 Å². The standard InChI is InChI=1S/C13H16N2O2.BrH/c1-14-6-7-15(10-14)9-13(16)11-4-3-5-12(8-11)17-2;/h3-8H,9-10H2,1-2H3;1H. The number of halogens is 1. The molecule has 1 heterocycles. The Balaban J connectivity index is 0.00000162. The Kier molecular flexibility index (Phi) is 5.22. The van der Waals surface area contributed by atoms with Crippen molar-refractivity contribution in [1.29, 1.82) is 0 Å². The molecule has 4 nitrogen and oxygen atoms in total. The van der Waals surface area contributed by atoms with Crippen molar-refractivity contribution in [3.05, 3.63) is 42.2 Å². The van der Waals surface area contributed by atoms with Gasteiger partial charge in [-0.3, -0.25) is 4.79 Å². The number of carbonyl (C=O) groups is 1. The number of nitrogens with zero attached hydrogens (tertiary/aromatic N) is 2. The fourth-order valence-electron chi connectivity index (χ4n) is 1.76. The lowest BCUT2D eigenvalue weighted by Crippen LogP contribution is -2.28. The molecule has 0 amide bonds. The number of benzene rings is 1. The van der Waals surface area contributed by atoms with Crippen LogP contribution in [0.3, 0.4) is 0 Å². The lowest BCUT2D eigenvalue weighted by Gasteiger charge is -2.17. The maximum absolute atomic E-state index is 12.0. The van der Waals surface area contributed by atoms with E-state index in [0.29, 0.717) is 17.9 Å². The minimum Gasteiger partial charge on any atom is -0.497 e. The van der Waals surface area contributed by atoms with Gasteiger partial charge in [-0.2, -0.15) is 0 Å². The maximum atomic E-state index is 12.0. The third-order valence-corrected chi connectivity index (χ3v) is 2.68. The van der Waals surface area contributed by atoms with E-state index in [1.165, 1.54) is 0 Å². The van der Waals surface area contributed by atoms with Gasteiger partial charge >= 0.3 is 0 Å². The van der Waals surface area contributed by atoms with Gasteiger partial charge in [-0.15, -0.1) is 17.0 Å². The summed E-state index contributed by atoms with van der Waals surface area (Å²) in [6, 6.07) is 7.25. The number of methoxy groups -OCH3 is 1. The van der Waals surface area contributed by atoms with Crippen LogP contribution in [0.25, 0.3) is 0 Å². The first-order chi connectivity index (χ1) is 8.19.